The molecule has 11 heteroatoms. The number of ether oxygens (including phenoxy) is 2. The molecule has 1 aromatic carbocycles. The van der Waals surface area contributed by atoms with Crippen LogP contribution in [-0.2, 0) is 21.3 Å². The van der Waals surface area contributed by atoms with Gasteiger partial charge in [-0.05, 0) is 92.8 Å². The van der Waals surface area contributed by atoms with Crippen molar-refractivity contribution in [2.45, 2.75) is 76.7 Å². The molecular weight excluding hydrogens is 604 g/mol. The van der Waals surface area contributed by atoms with Crippen LogP contribution in [0.3, 0.4) is 0 Å². The second kappa shape index (κ2) is 16.3. The number of nitrogens with one attached hydrogen (secondary N) is 1. The molecule has 1 saturated heterocycles. The summed E-state index contributed by atoms with van der Waals surface area (Å²) in [7, 11) is 3.97. The topological polar surface area (TPSA) is 115 Å². The molecule has 1 amide bonds. The van der Waals surface area contributed by atoms with Crippen molar-refractivity contribution in [1.29, 1.82) is 0 Å². The van der Waals surface area contributed by atoms with Crippen LogP contribution in [-0.4, -0.2) is 76.8 Å². The smallest absolute Gasteiger partial charge is 0.410 e. The Morgan fingerprint density at radius 3 is 2.48 bits per heavy atom. The average molecular weight is 653 g/mol. The SMILES string of the molecule is CC1(OC=O)CC1.CCC(CC)OC(=O)N1CCN(C2C/C(=C\C=C/N)C=C(C(NC)c3cncn3C)c3cc(Cl)ccc32)CC1. The van der Waals surface area contributed by atoms with Crippen LogP contribution >= 0.6 is 11.6 Å². The van der Waals surface area contributed by atoms with E-state index in [0.29, 0.717) is 24.6 Å². The van der Waals surface area contributed by atoms with Crippen molar-refractivity contribution in [2.24, 2.45) is 12.8 Å². The zero-order chi connectivity index (χ0) is 33.3. The van der Waals surface area contributed by atoms with Crippen LogP contribution in [0.5, 0.6) is 0 Å². The summed E-state index contributed by atoms with van der Waals surface area (Å²) in [6.45, 7) is 9.34. The fourth-order valence-corrected chi connectivity index (χ4v) is 6.18. The number of rotatable bonds is 10. The van der Waals surface area contributed by atoms with Gasteiger partial charge in [0.15, 0.2) is 0 Å². The molecule has 0 bridgehead atoms. The summed E-state index contributed by atoms with van der Waals surface area (Å²) >= 11 is 6.59. The number of likely N-dealkylation sites (N-methyl/N-ethyl adjacent to an activating group) is 1. The van der Waals surface area contributed by atoms with Gasteiger partial charge in [-0.1, -0.05) is 43.7 Å². The number of amides is 1. The average Bonchev–Trinajstić information content (AvgIpc) is 3.69. The number of nitrogens with two attached hydrogens (primary N) is 1. The lowest BCUT2D eigenvalue weighted by Gasteiger charge is -2.40. The fourth-order valence-electron chi connectivity index (χ4n) is 6.01. The number of piperazine rings is 1. The molecule has 0 spiro atoms. The summed E-state index contributed by atoms with van der Waals surface area (Å²) in [6, 6.07) is 6.23. The van der Waals surface area contributed by atoms with E-state index in [1.165, 1.54) is 11.1 Å². The molecule has 3 aliphatic rings. The van der Waals surface area contributed by atoms with Gasteiger partial charge in [0, 0.05) is 44.3 Å². The van der Waals surface area contributed by atoms with Crippen molar-refractivity contribution in [2.75, 3.05) is 33.2 Å². The number of aromatic nitrogens is 2. The quantitative estimate of drug-likeness (QED) is 0.304. The van der Waals surface area contributed by atoms with E-state index < -0.39 is 0 Å². The minimum atomic E-state index is -0.206. The third-order valence-corrected chi connectivity index (χ3v) is 9.34. The maximum Gasteiger partial charge on any atom is 0.410 e. The van der Waals surface area contributed by atoms with Gasteiger partial charge in [0.25, 0.3) is 6.47 Å². The maximum absolute atomic E-state index is 12.8. The molecule has 3 N–H and O–H groups in total. The minimum Gasteiger partial charge on any atom is -0.462 e. The predicted octanol–water partition coefficient (Wildman–Crippen LogP) is 5.92. The number of allylic oxidation sites excluding steroid dienone is 3. The number of halogens is 1. The Kier molecular flexibility index (Phi) is 12.5. The van der Waals surface area contributed by atoms with Crippen molar-refractivity contribution < 1.29 is 19.1 Å². The first kappa shape index (κ1) is 35.3. The first-order chi connectivity index (χ1) is 22.2. The van der Waals surface area contributed by atoms with Gasteiger partial charge < -0.3 is 30.0 Å². The Morgan fingerprint density at radius 2 is 1.93 bits per heavy atom. The number of fused-ring (bicyclic) bond motifs is 1. The molecule has 2 aromatic rings. The van der Waals surface area contributed by atoms with E-state index in [1.54, 1.807) is 6.20 Å². The second-order valence-electron chi connectivity index (χ2n) is 12.3. The molecule has 2 unspecified atom stereocenters. The van der Waals surface area contributed by atoms with Crippen LogP contribution in [0.25, 0.3) is 5.57 Å². The van der Waals surface area contributed by atoms with Gasteiger partial charge in [0.1, 0.15) is 11.7 Å². The van der Waals surface area contributed by atoms with Crippen LogP contribution in [0, 0.1) is 0 Å². The van der Waals surface area contributed by atoms with Crippen LogP contribution in [0.1, 0.15) is 81.8 Å². The standard InChI is InChI=1S/C30H41ClN6O2.C5H8O2/c1-5-23(6-2)39-30(38)37-14-12-36(13-15-37)27-17-21(8-7-11-32)16-26(25-18-22(31)9-10-24(25)27)29(33-3)28-19-34-20-35(28)4;1-5(2-3-5)7-4-6/h7-11,16,18-20,23,27,29,33H,5-6,12-15,17,32H2,1-4H3;4H,2-3H2,1H3/b11-7-,21-8-;. The van der Waals surface area contributed by atoms with Crippen molar-refractivity contribution in [3.05, 3.63) is 82.6 Å². The number of nitrogens with zero attached hydrogens (tertiary/aromatic N) is 4. The molecule has 0 radical (unpaired) electrons. The highest BCUT2D eigenvalue weighted by Crippen LogP contribution is 2.43. The molecule has 2 fully saturated rings. The molecule has 1 aliphatic heterocycles. The molecule has 2 atom stereocenters. The van der Waals surface area contributed by atoms with Crippen molar-refractivity contribution in [1.82, 2.24) is 24.7 Å². The van der Waals surface area contributed by atoms with Crippen LogP contribution < -0.4 is 11.1 Å². The monoisotopic (exact) mass is 652 g/mol. The summed E-state index contributed by atoms with van der Waals surface area (Å²) in [5.74, 6) is 0. The molecule has 5 rings (SSSR count). The first-order valence-electron chi connectivity index (χ1n) is 16.2. The molecule has 10 nitrogen and oxygen atoms in total. The minimum absolute atomic E-state index is 0.0265. The van der Waals surface area contributed by atoms with E-state index in [2.05, 4.69) is 58.1 Å². The number of benzene rings is 1. The summed E-state index contributed by atoms with van der Waals surface area (Å²) in [6.07, 6.45) is 15.8. The highest BCUT2D eigenvalue weighted by atomic mass is 35.5. The van der Waals surface area contributed by atoms with Gasteiger partial charge in [-0.3, -0.25) is 9.69 Å². The number of hydrogen-bond donors (Lipinski definition) is 2. The van der Waals surface area contributed by atoms with Crippen LogP contribution in [0.15, 0.2) is 60.7 Å². The van der Waals surface area contributed by atoms with E-state index >= 15 is 0 Å². The van der Waals surface area contributed by atoms with Crippen LogP contribution in [0.4, 0.5) is 4.79 Å². The zero-order valence-corrected chi connectivity index (χ0v) is 28.5. The Bertz CT molecular complexity index is 1420. The maximum atomic E-state index is 12.8. The van der Waals surface area contributed by atoms with Gasteiger partial charge >= 0.3 is 6.09 Å². The lowest BCUT2D eigenvalue weighted by molar-refractivity contribution is -0.134. The number of aryl methyl sites for hydroxylation is 1. The lowest BCUT2D eigenvalue weighted by atomic mass is 9.90. The Morgan fingerprint density at radius 1 is 1.22 bits per heavy atom. The molecular formula is C35H49ClN6O4. The summed E-state index contributed by atoms with van der Waals surface area (Å²) in [5, 5.41) is 4.20. The van der Waals surface area contributed by atoms with Crippen LogP contribution in [0.2, 0.25) is 5.02 Å². The fraction of sp³-hybridized carbons (Fsp3) is 0.514. The Labute approximate surface area is 278 Å². The van der Waals surface area contributed by atoms with E-state index in [1.807, 2.05) is 55.2 Å². The molecule has 2 aliphatic carbocycles. The second-order valence-corrected chi connectivity index (χ2v) is 12.8. The van der Waals surface area contributed by atoms with Crippen molar-refractivity contribution in [3.8, 4) is 0 Å². The first-order valence-corrected chi connectivity index (χ1v) is 16.6. The van der Waals surface area contributed by atoms with Gasteiger partial charge in [0.2, 0.25) is 0 Å². The van der Waals surface area contributed by atoms with E-state index in [9.17, 15) is 9.59 Å². The predicted molar refractivity (Wildman–Crippen MR) is 182 cm³/mol. The highest BCUT2D eigenvalue weighted by Gasteiger charge is 2.39. The number of hydrogen-bond acceptors (Lipinski definition) is 8. The van der Waals surface area contributed by atoms with Gasteiger partial charge in [-0.15, -0.1) is 0 Å². The van der Waals surface area contributed by atoms with E-state index in [4.69, 9.17) is 22.1 Å². The lowest BCUT2D eigenvalue weighted by Crippen LogP contribution is -2.50. The normalized spacial score (nSPS) is 20.8. The number of imidazole rings is 1. The van der Waals surface area contributed by atoms with Gasteiger partial charge in [-0.25, -0.2) is 9.78 Å². The Balaban J connectivity index is 0.000000606. The molecule has 46 heavy (non-hydrogen) atoms. The molecule has 250 valence electrons. The van der Waals surface area contributed by atoms with E-state index in [0.717, 1.165) is 62.0 Å². The largest absolute Gasteiger partial charge is 0.462 e. The summed E-state index contributed by atoms with van der Waals surface area (Å²) in [4.78, 5) is 31.1. The molecule has 2 heterocycles. The highest BCUT2D eigenvalue weighted by molar-refractivity contribution is 6.30. The third-order valence-electron chi connectivity index (χ3n) is 9.10. The van der Waals surface area contributed by atoms with E-state index in [-0.39, 0.29) is 29.9 Å². The molecule has 1 aromatic heterocycles. The van der Waals surface area contributed by atoms with Gasteiger partial charge in [0.05, 0.1) is 24.3 Å². The number of carbonyl (C=O) groups excluding carboxylic acids is 2. The summed E-state index contributed by atoms with van der Waals surface area (Å²) < 4.78 is 12.4. The van der Waals surface area contributed by atoms with Crippen molar-refractivity contribution in [3.63, 3.8) is 0 Å². The number of carbonyl (C=O) groups is 2. The third kappa shape index (κ3) is 8.80. The summed E-state index contributed by atoms with van der Waals surface area (Å²) in [5.41, 5.74) is 11.4. The Hall–Kier alpha value is -3.60. The van der Waals surface area contributed by atoms with Gasteiger partial charge in [-0.2, -0.15) is 0 Å². The molecule has 1 saturated carbocycles. The van der Waals surface area contributed by atoms with Crippen molar-refractivity contribution >= 4 is 29.7 Å². The zero-order valence-electron chi connectivity index (χ0n) is 27.7.